The molecule has 0 fully saturated rings. The van der Waals surface area contributed by atoms with Crippen LogP contribution in [-0.4, -0.2) is 0 Å². The van der Waals surface area contributed by atoms with E-state index in [-0.39, 0.29) is 0 Å². The molecule has 2 atom stereocenters. The first-order valence-electron chi connectivity index (χ1n) is 6.51. The van der Waals surface area contributed by atoms with Crippen molar-refractivity contribution in [3.63, 3.8) is 0 Å². The Hall–Kier alpha value is 0. The molecule has 0 saturated carbocycles. The largest absolute Gasteiger partial charge is 0.0651 e. The molecule has 86 valence electrons. The van der Waals surface area contributed by atoms with Crippen LogP contribution in [0.1, 0.15) is 67.2 Å². The van der Waals surface area contributed by atoms with Crippen LogP contribution in [0, 0.1) is 23.7 Å². The van der Waals surface area contributed by atoms with Gasteiger partial charge in [0.1, 0.15) is 0 Å². The summed E-state index contributed by atoms with van der Waals surface area (Å²) in [6.45, 7) is 14.2. The number of rotatable bonds is 7. The Kier molecular flexibility index (Phi) is 7.31. The van der Waals surface area contributed by atoms with Crippen LogP contribution in [0.3, 0.4) is 0 Å². The normalized spacial score (nSPS) is 16.3. The number of hydrogen-bond donors (Lipinski definition) is 0. The van der Waals surface area contributed by atoms with Crippen molar-refractivity contribution >= 4 is 0 Å². The highest BCUT2D eigenvalue weighted by atomic mass is 14.2. The van der Waals surface area contributed by atoms with Gasteiger partial charge in [-0.05, 0) is 36.5 Å². The summed E-state index contributed by atoms with van der Waals surface area (Å²) in [5.41, 5.74) is 0. The van der Waals surface area contributed by atoms with E-state index in [1.165, 1.54) is 25.7 Å². The van der Waals surface area contributed by atoms with E-state index in [0.29, 0.717) is 0 Å². The van der Waals surface area contributed by atoms with Crippen molar-refractivity contribution in [1.82, 2.24) is 0 Å². The molecule has 0 spiro atoms. The lowest BCUT2D eigenvalue weighted by molar-refractivity contribution is 0.282. The van der Waals surface area contributed by atoms with E-state index in [1.54, 1.807) is 0 Å². The molecule has 0 heterocycles. The van der Waals surface area contributed by atoms with E-state index in [1.807, 2.05) is 0 Å². The van der Waals surface area contributed by atoms with Crippen LogP contribution in [0.25, 0.3) is 0 Å². The zero-order valence-electron chi connectivity index (χ0n) is 11.1. The molecule has 0 aromatic rings. The molecule has 0 rings (SSSR count). The minimum atomic E-state index is 0.846. The third kappa shape index (κ3) is 5.67. The molecule has 0 aliphatic carbocycles. The average Bonchev–Trinajstić information content (AvgIpc) is 2.13. The van der Waals surface area contributed by atoms with Crippen LogP contribution in [-0.2, 0) is 0 Å². The van der Waals surface area contributed by atoms with Gasteiger partial charge in [0.2, 0.25) is 0 Å². The maximum Gasteiger partial charge on any atom is -0.0417 e. The van der Waals surface area contributed by atoms with E-state index >= 15 is 0 Å². The summed E-state index contributed by atoms with van der Waals surface area (Å²) >= 11 is 0. The predicted molar refractivity (Wildman–Crippen MR) is 66.5 cm³/mol. The summed E-state index contributed by atoms with van der Waals surface area (Å²) in [7, 11) is 0. The topological polar surface area (TPSA) is 0 Å². The van der Waals surface area contributed by atoms with Crippen molar-refractivity contribution in [2.45, 2.75) is 67.2 Å². The van der Waals surface area contributed by atoms with Crippen LogP contribution in [0.2, 0.25) is 0 Å². The summed E-state index contributed by atoms with van der Waals surface area (Å²) in [6, 6.07) is 0. The Bertz CT molecular complexity index is 118. The van der Waals surface area contributed by atoms with E-state index in [2.05, 4.69) is 41.5 Å². The van der Waals surface area contributed by atoms with Gasteiger partial charge in [-0.15, -0.1) is 0 Å². The zero-order valence-corrected chi connectivity index (χ0v) is 11.1. The monoisotopic (exact) mass is 198 g/mol. The van der Waals surface area contributed by atoms with E-state index in [4.69, 9.17) is 0 Å². The molecule has 0 aromatic carbocycles. The van der Waals surface area contributed by atoms with Crippen LogP contribution >= 0.6 is 0 Å². The van der Waals surface area contributed by atoms with Crippen LogP contribution < -0.4 is 0 Å². The molecule has 0 saturated heterocycles. The van der Waals surface area contributed by atoms with E-state index < -0.39 is 0 Å². The minimum Gasteiger partial charge on any atom is -0.0651 e. The van der Waals surface area contributed by atoms with E-state index in [0.717, 1.165) is 23.7 Å². The fraction of sp³-hybridized carbons (Fsp3) is 1.00. The van der Waals surface area contributed by atoms with Gasteiger partial charge in [-0.2, -0.15) is 0 Å². The smallest absolute Gasteiger partial charge is 0.0417 e. The predicted octanol–water partition coefficient (Wildman–Crippen LogP) is 5.13. The van der Waals surface area contributed by atoms with Crippen molar-refractivity contribution < 1.29 is 0 Å². The fourth-order valence-electron chi connectivity index (χ4n) is 2.19. The third-order valence-electron chi connectivity index (χ3n) is 3.80. The third-order valence-corrected chi connectivity index (χ3v) is 3.80. The van der Waals surface area contributed by atoms with E-state index in [9.17, 15) is 0 Å². The zero-order chi connectivity index (χ0) is 11.1. The first-order chi connectivity index (χ1) is 6.51. The number of hydrogen-bond acceptors (Lipinski definition) is 0. The lowest BCUT2D eigenvalue weighted by atomic mass is 9.83. The summed E-state index contributed by atoms with van der Waals surface area (Å²) in [5.74, 6) is 3.61. The second-order valence-electron chi connectivity index (χ2n) is 5.48. The van der Waals surface area contributed by atoms with Crippen molar-refractivity contribution in [3.05, 3.63) is 0 Å². The lowest BCUT2D eigenvalue weighted by Gasteiger charge is -2.23. The first-order valence-corrected chi connectivity index (χ1v) is 6.51. The van der Waals surface area contributed by atoms with Crippen LogP contribution in [0.15, 0.2) is 0 Å². The second kappa shape index (κ2) is 7.31. The van der Waals surface area contributed by atoms with Gasteiger partial charge in [0.25, 0.3) is 0 Å². The lowest BCUT2D eigenvalue weighted by Crippen LogP contribution is -2.12. The molecule has 0 amide bonds. The molecule has 0 nitrogen and oxygen atoms in total. The SMILES string of the molecule is CCC(CC)CC(C)CC(C)C(C)C. The van der Waals surface area contributed by atoms with Gasteiger partial charge in [0.15, 0.2) is 0 Å². The van der Waals surface area contributed by atoms with Crippen LogP contribution in [0.5, 0.6) is 0 Å². The maximum absolute atomic E-state index is 2.43. The molecule has 0 N–H and O–H groups in total. The molecule has 2 unspecified atom stereocenters. The molecule has 0 aliphatic heterocycles. The summed E-state index contributed by atoms with van der Waals surface area (Å²) in [4.78, 5) is 0. The molecule has 0 heteroatoms. The Morgan fingerprint density at radius 3 is 1.64 bits per heavy atom. The highest BCUT2D eigenvalue weighted by Crippen LogP contribution is 2.26. The van der Waals surface area contributed by atoms with Gasteiger partial charge in [0, 0.05) is 0 Å². The summed E-state index contributed by atoms with van der Waals surface area (Å²) < 4.78 is 0. The minimum absolute atomic E-state index is 0.846. The maximum atomic E-state index is 2.43. The van der Waals surface area contributed by atoms with Gasteiger partial charge >= 0.3 is 0 Å². The van der Waals surface area contributed by atoms with Crippen molar-refractivity contribution in [2.75, 3.05) is 0 Å². The van der Waals surface area contributed by atoms with Crippen molar-refractivity contribution in [1.29, 1.82) is 0 Å². The molecule has 0 radical (unpaired) electrons. The highest BCUT2D eigenvalue weighted by molar-refractivity contribution is 4.66. The molecule has 0 aromatic heterocycles. The quantitative estimate of drug-likeness (QED) is 0.532. The Morgan fingerprint density at radius 2 is 1.29 bits per heavy atom. The molecular formula is C14H30. The average molecular weight is 198 g/mol. The van der Waals surface area contributed by atoms with Crippen LogP contribution in [0.4, 0.5) is 0 Å². The first kappa shape index (κ1) is 14.0. The Labute approximate surface area is 91.5 Å². The fourth-order valence-corrected chi connectivity index (χ4v) is 2.19. The van der Waals surface area contributed by atoms with Crippen molar-refractivity contribution in [3.8, 4) is 0 Å². The summed E-state index contributed by atoms with van der Waals surface area (Å²) in [5, 5.41) is 0. The van der Waals surface area contributed by atoms with Gasteiger partial charge in [0.05, 0.1) is 0 Å². The molecule has 0 bridgehead atoms. The molecular weight excluding hydrogens is 168 g/mol. The van der Waals surface area contributed by atoms with Gasteiger partial charge in [-0.25, -0.2) is 0 Å². The summed E-state index contributed by atoms with van der Waals surface area (Å²) in [6.07, 6.45) is 5.56. The van der Waals surface area contributed by atoms with Crippen molar-refractivity contribution in [2.24, 2.45) is 23.7 Å². The second-order valence-corrected chi connectivity index (χ2v) is 5.48. The Balaban J connectivity index is 3.78. The molecule has 0 aliphatic rings. The molecule has 14 heavy (non-hydrogen) atoms. The highest BCUT2D eigenvalue weighted by Gasteiger charge is 2.14. The van der Waals surface area contributed by atoms with Gasteiger partial charge in [-0.1, -0.05) is 54.4 Å². The Morgan fingerprint density at radius 1 is 0.786 bits per heavy atom. The van der Waals surface area contributed by atoms with Gasteiger partial charge < -0.3 is 0 Å². The standard InChI is InChI=1S/C14H30/c1-7-14(8-2)10-12(5)9-13(6)11(3)4/h11-14H,7-10H2,1-6H3. The van der Waals surface area contributed by atoms with Gasteiger partial charge in [-0.3, -0.25) is 0 Å².